The number of H-pyrrole nitrogens is 2. The van der Waals surface area contributed by atoms with E-state index >= 15 is 0 Å². The average Bonchev–Trinajstić information content (AvgIpc) is 3.71. The number of aryl methyl sites for hydroxylation is 1. The lowest BCUT2D eigenvalue weighted by Gasteiger charge is -2.13. The Morgan fingerprint density at radius 1 is 0.776 bits per heavy atom. The van der Waals surface area contributed by atoms with E-state index in [1.807, 2.05) is 50.2 Å². The molecule has 0 fully saturated rings. The number of ether oxygens (including phenoxy) is 3. The summed E-state index contributed by atoms with van der Waals surface area (Å²) in [6.07, 6.45) is -1.35. The summed E-state index contributed by atoms with van der Waals surface area (Å²) in [6.45, 7) is 4.06. The van der Waals surface area contributed by atoms with E-state index in [1.165, 1.54) is 12.3 Å². The molecule has 258 valence electrons. The number of imidazole rings is 2. The van der Waals surface area contributed by atoms with Gasteiger partial charge in [-0.15, -0.1) is 0 Å². The number of benzene rings is 2. The van der Waals surface area contributed by atoms with Crippen molar-refractivity contribution in [1.82, 2.24) is 29.9 Å². The number of hydrogen-bond acceptors (Lipinski definition) is 9. The molecule has 0 radical (unpaired) electrons. The maximum atomic E-state index is 12.7. The highest BCUT2D eigenvalue weighted by molar-refractivity contribution is 7.84. The normalized spacial score (nSPS) is 12.7. The number of fused-ring (bicyclic) bond motifs is 2. The van der Waals surface area contributed by atoms with Gasteiger partial charge in [0.15, 0.2) is 16.9 Å². The lowest BCUT2D eigenvalue weighted by atomic mass is 10.1. The predicted molar refractivity (Wildman–Crippen MR) is 180 cm³/mol. The number of nitrogens with one attached hydrogen (secondary N) is 2. The van der Waals surface area contributed by atoms with Crippen molar-refractivity contribution in [2.75, 3.05) is 20.8 Å². The number of aromatic amines is 2. The first-order valence-corrected chi connectivity index (χ1v) is 17.4. The summed E-state index contributed by atoms with van der Waals surface area (Å²) in [7, 11) is 0.393. The standard InChI is InChI=1S/C17H19N3O3S.C16H14F3N3O2S/c1-10-8-18-15(11(2)16(10)23-4)9-24(21)17-19-13-6-5-12(22-3)7-14(13)20-17;1-10-13(20-7-6-14(10)24-9-16(17,18)19)8-25(23)15-21-11-4-2-3-5-12(11)22-15/h5-8H,9H2,1-4H3,(H,19,20);2-7H,8-9H2,1H3,(H,21,22). The number of hydrogen-bond donors (Lipinski definition) is 2. The number of nitrogens with zero attached hydrogens (tertiary/aromatic N) is 4. The summed E-state index contributed by atoms with van der Waals surface area (Å²) in [5.74, 6) is 1.88. The second kappa shape index (κ2) is 15.2. The van der Waals surface area contributed by atoms with Crippen LogP contribution in [0, 0.1) is 20.8 Å². The third-order valence-corrected chi connectivity index (χ3v) is 9.72. The highest BCUT2D eigenvalue weighted by Gasteiger charge is 2.29. The molecule has 2 unspecified atom stereocenters. The van der Waals surface area contributed by atoms with Gasteiger partial charge >= 0.3 is 6.18 Å². The number of rotatable bonds is 10. The Labute approximate surface area is 284 Å². The molecule has 0 spiro atoms. The van der Waals surface area contributed by atoms with Gasteiger partial charge in [-0.2, -0.15) is 13.2 Å². The van der Waals surface area contributed by atoms with E-state index in [1.54, 1.807) is 33.4 Å². The van der Waals surface area contributed by atoms with Gasteiger partial charge in [-0.1, -0.05) is 12.1 Å². The largest absolute Gasteiger partial charge is 0.497 e. The van der Waals surface area contributed by atoms with Crippen molar-refractivity contribution in [3.05, 3.63) is 89.0 Å². The van der Waals surface area contributed by atoms with E-state index < -0.39 is 34.4 Å². The highest BCUT2D eigenvalue weighted by atomic mass is 32.2. The molecular weight excluding hydrogens is 682 g/mol. The molecule has 0 bridgehead atoms. The minimum absolute atomic E-state index is 0.0227. The Hall–Kier alpha value is -4.83. The number of alkyl halides is 3. The fourth-order valence-electron chi connectivity index (χ4n) is 4.86. The van der Waals surface area contributed by atoms with Gasteiger partial charge in [0.2, 0.25) is 0 Å². The third-order valence-electron chi connectivity index (χ3n) is 7.40. The van der Waals surface area contributed by atoms with Crippen LogP contribution in [0.4, 0.5) is 13.2 Å². The van der Waals surface area contributed by atoms with E-state index in [2.05, 4.69) is 29.9 Å². The van der Waals surface area contributed by atoms with Gasteiger partial charge in [0, 0.05) is 35.2 Å². The average molecular weight is 715 g/mol. The van der Waals surface area contributed by atoms with Crippen molar-refractivity contribution < 1.29 is 35.8 Å². The van der Waals surface area contributed by atoms with Crippen molar-refractivity contribution in [3.8, 4) is 17.2 Å². The zero-order valence-corrected chi connectivity index (χ0v) is 28.8. The molecule has 0 aliphatic carbocycles. The summed E-state index contributed by atoms with van der Waals surface area (Å²) in [4.78, 5) is 23.3. The van der Waals surface area contributed by atoms with Crippen LogP contribution in [0.25, 0.3) is 22.1 Å². The molecule has 0 saturated carbocycles. The van der Waals surface area contributed by atoms with Crippen LogP contribution in [-0.4, -0.2) is 65.3 Å². The van der Waals surface area contributed by atoms with Gasteiger partial charge < -0.3 is 24.2 Å². The van der Waals surface area contributed by atoms with Crippen molar-refractivity contribution in [1.29, 1.82) is 0 Å². The lowest BCUT2D eigenvalue weighted by molar-refractivity contribution is -0.153. The first-order chi connectivity index (χ1) is 23.4. The first-order valence-electron chi connectivity index (χ1n) is 14.7. The molecule has 0 aliphatic rings. The van der Waals surface area contributed by atoms with Crippen LogP contribution in [0.3, 0.4) is 0 Å². The van der Waals surface area contributed by atoms with Gasteiger partial charge in [-0.3, -0.25) is 18.4 Å². The summed E-state index contributed by atoms with van der Waals surface area (Å²) >= 11 is 0. The SMILES string of the molecule is COc1ccc2nc(S(=O)Cc3ncc(C)c(OC)c3C)[nH]c2c1.Cc1c(OCC(F)(F)F)ccnc1CS(=O)c1nc2ccccc2[nH]1. The summed E-state index contributed by atoms with van der Waals surface area (Å²) < 4.78 is 77.5. The molecule has 16 heteroatoms. The molecule has 2 N–H and O–H groups in total. The molecule has 0 amide bonds. The summed E-state index contributed by atoms with van der Waals surface area (Å²) in [5.41, 5.74) is 6.44. The Morgan fingerprint density at radius 2 is 1.41 bits per heavy atom. The molecule has 6 aromatic rings. The van der Waals surface area contributed by atoms with Crippen molar-refractivity contribution in [2.24, 2.45) is 0 Å². The molecule has 0 saturated heterocycles. The number of pyridine rings is 2. The molecule has 11 nitrogen and oxygen atoms in total. The minimum Gasteiger partial charge on any atom is -0.497 e. The topological polar surface area (TPSA) is 145 Å². The van der Waals surface area contributed by atoms with E-state index in [9.17, 15) is 21.6 Å². The first kappa shape index (κ1) is 35.5. The van der Waals surface area contributed by atoms with E-state index in [4.69, 9.17) is 14.2 Å². The van der Waals surface area contributed by atoms with Gasteiger partial charge in [0.05, 0.1) is 80.8 Å². The second-order valence-corrected chi connectivity index (χ2v) is 13.5. The molecule has 6 rings (SSSR count). The van der Waals surface area contributed by atoms with E-state index in [0.29, 0.717) is 27.1 Å². The Kier molecular flexibility index (Phi) is 11.0. The molecular formula is C33H33F3N6O5S2. The fraction of sp³-hybridized carbons (Fsp3) is 0.273. The number of methoxy groups -OCH3 is 2. The van der Waals surface area contributed by atoms with Crippen LogP contribution in [0.15, 0.2) is 71.2 Å². The maximum Gasteiger partial charge on any atom is 0.422 e. The zero-order valence-electron chi connectivity index (χ0n) is 27.2. The summed E-state index contributed by atoms with van der Waals surface area (Å²) in [6, 6.07) is 14.1. The van der Waals surface area contributed by atoms with Crippen molar-refractivity contribution >= 4 is 43.7 Å². The Balaban J connectivity index is 0.000000191. The van der Waals surface area contributed by atoms with Crippen molar-refractivity contribution in [2.45, 2.75) is 48.8 Å². The van der Waals surface area contributed by atoms with Gasteiger partial charge in [-0.25, -0.2) is 9.97 Å². The Morgan fingerprint density at radius 3 is 2.04 bits per heavy atom. The van der Waals surface area contributed by atoms with Gasteiger partial charge in [-0.05, 0) is 51.1 Å². The van der Waals surface area contributed by atoms with Crippen LogP contribution in [0.2, 0.25) is 0 Å². The quantitative estimate of drug-likeness (QED) is 0.164. The highest BCUT2D eigenvalue weighted by Crippen LogP contribution is 2.27. The lowest BCUT2D eigenvalue weighted by Crippen LogP contribution is -2.19. The molecule has 0 aliphatic heterocycles. The van der Waals surface area contributed by atoms with Gasteiger partial charge in [0.1, 0.15) is 17.2 Å². The van der Waals surface area contributed by atoms with E-state index in [0.717, 1.165) is 44.9 Å². The molecule has 2 aromatic carbocycles. The van der Waals surface area contributed by atoms with Crippen LogP contribution in [0.5, 0.6) is 17.2 Å². The predicted octanol–water partition coefficient (Wildman–Crippen LogP) is 6.41. The summed E-state index contributed by atoms with van der Waals surface area (Å²) in [5, 5.41) is 0.725. The van der Waals surface area contributed by atoms with Crippen LogP contribution in [0.1, 0.15) is 28.1 Å². The van der Waals surface area contributed by atoms with Crippen LogP contribution < -0.4 is 14.2 Å². The van der Waals surface area contributed by atoms with Crippen molar-refractivity contribution in [3.63, 3.8) is 0 Å². The minimum atomic E-state index is -4.42. The third kappa shape index (κ3) is 8.61. The molecule has 4 aromatic heterocycles. The number of aromatic nitrogens is 6. The molecule has 2 atom stereocenters. The van der Waals surface area contributed by atoms with Crippen LogP contribution >= 0.6 is 0 Å². The fourth-order valence-corrected chi connectivity index (χ4v) is 7.06. The monoisotopic (exact) mass is 714 g/mol. The number of para-hydroxylation sites is 2. The second-order valence-electron chi connectivity index (χ2n) is 10.8. The number of halogens is 3. The smallest absolute Gasteiger partial charge is 0.422 e. The van der Waals surface area contributed by atoms with E-state index in [-0.39, 0.29) is 17.3 Å². The maximum absolute atomic E-state index is 12.7. The Bertz CT molecular complexity index is 2120. The zero-order chi connectivity index (χ0) is 35.3. The molecule has 4 heterocycles. The van der Waals surface area contributed by atoms with Crippen LogP contribution in [-0.2, 0) is 33.1 Å². The van der Waals surface area contributed by atoms with Gasteiger partial charge in [0.25, 0.3) is 0 Å². The molecule has 49 heavy (non-hydrogen) atoms.